The third-order valence-electron chi connectivity index (χ3n) is 10.7. The minimum atomic E-state index is -5.70. The molecular weight excluding hydrogens is 1370 g/mol. The maximum absolute atomic E-state index is 11.8. The molecule has 0 aliphatic carbocycles. The smallest absolute Gasteiger partial charge is 0.387 e. The number of hydrogen-bond donors (Lipinski definition) is 21. The lowest BCUT2D eigenvalue weighted by Gasteiger charge is -2.20. The molecule has 0 radical (unpaired) electrons. The Morgan fingerprint density at radius 3 is 1.26 bits per heavy atom. The number of phosphoric acid groups is 5. The van der Waals surface area contributed by atoms with E-state index in [4.69, 9.17) is 86.2 Å². The van der Waals surface area contributed by atoms with Crippen LogP contribution in [0.25, 0.3) is 22.3 Å². The fraction of sp³-hybridized carbons (Fsp3) is 0.438. The Morgan fingerprint density at radius 2 is 0.886 bits per heavy atom. The van der Waals surface area contributed by atoms with Crippen LogP contribution in [0, 0.1) is 13.8 Å². The zero-order valence-electron chi connectivity index (χ0n) is 43.8. The summed E-state index contributed by atoms with van der Waals surface area (Å²) in [5, 5.41) is 38.3. The summed E-state index contributed by atoms with van der Waals surface area (Å²) in [5.74, 6) is 0.585. The second-order valence-corrected chi connectivity index (χ2v) is 30.1. The van der Waals surface area contributed by atoms with E-state index in [1.165, 1.54) is 34.9 Å². The van der Waals surface area contributed by atoms with Gasteiger partial charge in [0.05, 0.1) is 32.0 Å². The highest BCUT2D eigenvalue weighted by Crippen LogP contribution is 2.70. The van der Waals surface area contributed by atoms with Crippen molar-refractivity contribution < 1.29 is 152 Å². The van der Waals surface area contributed by atoms with Crippen LogP contribution in [-0.4, -0.2) is 193 Å². The number of aryl methyl sites for hydroxylation is 2. The molecule has 2 aliphatic heterocycles. The van der Waals surface area contributed by atoms with Crippen molar-refractivity contribution >= 4 is 107 Å². The van der Waals surface area contributed by atoms with Crippen molar-refractivity contribution in [2.75, 3.05) is 36.1 Å². The number of rotatable bonds is 19. The molecule has 2 fully saturated rings. The number of nitrogen functional groups attached to an aromatic ring is 4. The first-order valence-electron chi connectivity index (χ1n) is 22.8. The monoisotopic (exact) mass is 1420 g/mol. The number of nitrogens with zero attached hydrogens (tertiary/aromatic N) is 12. The number of ether oxygens (including phenoxy) is 2. The standard InChI is InChI=1S/C10H16N5O13P3.C10H15N5O10P2.C6H11N3O6P2.C6H10N3O3P/c11-8-5-9(13-2-12-8)15(3-14-5)10-7(17)6(16)4(26-10)1-25-30(21,22)28-31(23,24)27-29(18,19)20;11-8-5-9(13-2-12-8)15(3-14-5)10-7(17)6(16)4(24-10)1-23-27(21,22)25-26(18,19)20;1-3-8-2-4(5(7)9-3)6(16(10,11)12)17(13,14)15;1-4-8-2-5(6(7)9-4)3-13(10,11)12/h2-4,6-7,10,16-17H,1H2,(H,21,22)(H,23,24)(H2,11,12,13)(H2,18,19,20);2-4,6-7,10,16-17H,1H2,(H,21,22)(H2,11,12,13)(H2,18,19,20);2,6H,1H3,(H2,7,8,9)(H2,10,11,12)(H2,13,14,15);2H,3H2,1H3,(H2,7,8,9)(H2,10,11,12)/t2*4-,6-,7-,10-;;/m11../s1. The predicted octanol–water partition coefficient (Wildman–Crippen LogP) is -3.61. The van der Waals surface area contributed by atoms with Gasteiger partial charge in [-0.15, -0.1) is 0 Å². The zero-order chi connectivity index (χ0) is 66.7. The summed E-state index contributed by atoms with van der Waals surface area (Å²) in [4.78, 5) is 153. The van der Waals surface area contributed by atoms with Crippen LogP contribution >= 0.6 is 61.9 Å². The van der Waals surface area contributed by atoms with Gasteiger partial charge in [-0.1, -0.05) is 0 Å². The molecule has 0 saturated carbocycles. The van der Waals surface area contributed by atoms with Crippen LogP contribution in [0.5, 0.6) is 0 Å². The summed E-state index contributed by atoms with van der Waals surface area (Å²) in [5.41, 5.74) is 22.7. The number of anilines is 4. The zero-order valence-corrected chi connectivity index (χ0v) is 50.9. The van der Waals surface area contributed by atoms with E-state index in [1.54, 1.807) is 6.92 Å². The van der Waals surface area contributed by atoms with Gasteiger partial charge >= 0.3 is 61.9 Å². The summed E-state index contributed by atoms with van der Waals surface area (Å²) in [6.45, 7) is 1.36. The molecule has 8 rings (SSSR count). The van der Waals surface area contributed by atoms with Crippen LogP contribution in [0.2, 0.25) is 0 Å². The van der Waals surface area contributed by atoms with E-state index in [-0.39, 0.29) is 57.0 Å². The first-order valence-corrected chi connectivity index (χ1v) is 35.5. The second kappa shape index (κ2) is 28.5. The highest BCUT2D eigenvalue weighted by atomic mass is 31.3. The van der Waals surface area contributed by atoms with Gasteiger partial charge in [0, 0.05) is 23.5 Å². The van der Waals surface area contributed by atoms with Crippen LogP contribution < -0.4 is 22.9 Å². The highest BCUT2D eigenvalue weighted by Gasteiger charge is 2.49. The van der Waals surface area contributed by atoms with Crippen molar-refractivity contribution in [1.29, 1.82) is 0 Å². The molecule has 492 valence electrons. The number of aromatic nitrogens is 12. The molecule has 25 N–H and O–H groups in total. The molecule has 11 atom stereocenters. The van der Waals surface area contributed by atoms with Crippen LogP contribution in [0.3, 0.4) is 0 Å². The van der Waals surface area contributed by atoms with Crippen LogP contribution in [0.1, 0.15) is 40.6 Å². The van der Waals surface area contributed by atoms with E-state index in [1.807, 2.05) is 0 Å². The Labute approximate surface area is 488 Å². The van der Waals surface area contributed by atoms with E-state index >= 15 is 0 Å². The van der Waals surface area contributed by atoms with Crippen LogP contribution in [0.4, 0.5) is 23.3 Å². The fourth-order valence-corrected chi connectivity index (χ4v) is 15.2. The Hall–Kier alpha value is -4.66. The molecule has 0 aromatic carbocycles. The summed E-state index contributed by atoms with van der Waals surface area (Å²) in [6.07, 6.45) is -5.07. The molecule has 56 heteroatoms. The minimum absolute atomic E-state index is 0.0426. The number of aliphatic hydroxyl groups excluding tert-OH is 4. The molecular formula is C32H52N16O32P8. The maximum atomic E-state index is 11.8. The molecule has 6 aromatic rings. The SMILES string of the molecule is Cc1ncc(C(P(=O)(O)O)P(=O)(O)O)c(N)n1.Cc1ncc(CP(=O)(O)O)c(N)n1.Nc1ncnc2c1ncn2[C@@H]1O[C@H](COP(=O)(O)OP(=O)(O)O)[C@@H](O)[C@H]1O.Nc1ncnc2c1ncn2[C@@H]1O[C@H](COP(=O)(O)OP(=O)(O)OP(=O)(O)O)[C@@H](O)[C@H]1O. The van der Waals surface area contributed by atoms with Gasteiger partial charge in [-0.05, 0) is 13.8 Å². The average Bonchev–Trinajstić information content (AvgIpc) is 2.03. The predicted molar refractivity (Wildman–Crippen MR) is 285 cm³/mol. The average molecular weight is 1420 g/mol. The summed E-state index contributed by atoms with van der Waals surface area (Å²) < 4.78 is 122. The van der Waals surface area contributed by atoms with E-state index in [0.29, 0.717) is 5.82 Å². The highest BCUT2D eigenvalue weighted by molar-refractivity contribution is 7.70. The van der Waals surface area contributed by atoms with Gasteiger partial charge in [0.15, 0.2) is 40.8 Å². The lowest BCUT2D eigenvalue weighted by atomic mass is 10.1. The van der Waals surface area contributed by atoms with Gasteiger partial charge in [-0.2, -0.15) is 12.9 Å². The topological polar surface area (TPSA) is 788 Å². The van der Waals surface area contributed by atoms with Gasteiger partial charge in [0.25, 0.3) is 0 Å². The van der Waals surface area contributed by atoms with Gasteiger partial charge in [0.2, 0.25) is 0 Å². The molecule has 0 spiro atoms. The number of hydrogen-bond acceptors (Lipinski definition) is 33. The Bertz CT molecular complexity index is 3840. The first-order chi connectivity index (χ1) is 40.1. The van der Waals surface area contributed by atoms with E-state index < -0.39 is 141 Å². The lowest BCUT2D eigenvalue weighted by molar-refractivity contribution is -0.0503. The third kappa shape index (κ3) is 20.9. The van der Waals surface area contributed by atoms with E-state index in [0.717, 1.165) is 18.9 Å². The summed E-state index contributed by atoms with van der Waals surface area (Å²) >= 11 is 0. The minimum Gasteiger partial charge on any atom is -0.387 e. The van der Waals surface area contributed by atoms with Crippen molar-refractivity contribution in [3.05, 3.63) is 60.5 Å². The van der Waals surface area contributed by atoms with Crippen molar-refractivity contribution in [2.24, 2.45) is 0 Å². The fourth-order valence-electron chi connectivity index (χ4n) is 7.21. The van der Waals surface area contributed by atoms with Gasteiger partial charge < -0.3 is 116 Å². The maximum Gasteiger partial charge on any atom is 0.490 e. The molecule has 3 unspecified atom stereocenters. The number of nitrogens with two attached hydrogens (primary N) is 4. The molecule has 8 heterocycles. The number of imidazole rings is 2. The molecule has 0 bridgehead atoms. The van der Waals surface area contributed by atoms with Crippen molar-refractivity contribution in [3.8, 4) is 0 Å². The largest absolute Gasteiger partial charge is 0.490 e. The molecule has 2 aliphatic rings. The summed E-state index contributed by atoms with van der Waals surface area (Å²) in [7, 11) is -41.4. The Kier molecular flexibility index (Phi) is 24.0. The van der Waals surface area contributed by atoms with Crippen LogP contribution in [-0.2, 0) is 74.1 Å². The molecule has 48 nitrogen and oxygen atoms in total. The number of phosphoric ester groups is 2. The van der Waals surface area contributed by atoms with Crippen molar-refractivity contribution in [3.63, 3.8) is 0 Å². The molecule has 2 saturated heterocycles. The van der Waals surface area contributed by atoms with E-state index in [9.17, 15) is 66.7 Å². The van der Waals surface area contributed by atoms with E-state index in [2.05, 4.69) is 71.8 Å². The van der Waals surface area contributed by atoms with Crippen LogP contribution in [0.15, 0.2) is 37.7 Å². The summed E-state index contributed by atoms with van der Waals surface area (Å²) in [6, 6.07) is 0. The number of fused-ring (bicyclic) bond motifs is 2. The lowest BCUT2D eigenvalue weighted by Crippen LogP contribution is -2.33. The van der Waals surface area contributed by atoms with Crippen molar-refractivity contribution in [1.82, 2.24) is 59.0 Å². The normalized spacial score (nSPS) is 23.0. The van der Waals surface area contributed by atoms with Gasteiger partial charge in [0.1, 0.15) is 83.6 Å². The van der Waals surface area contributed by atoms with Gasteiger partial charge in [-0.3, -0.25) is 31.9 Å². The molecule has 6 aromatic heterocycles. The molecule has 88 heavy (non-hydrogen) atoms. The third-order valence-corrected chi connectivity index (χ3v) is 21.0. The quantitative estimate of drug-likeness (QED) is 0.0348. The van der Waals surface area contributed by atoms with Gasteiger partial charge in [-0.25, -0.2) is 72.7 Å². The Morgan fingerprint density at radius 1 is 0.500 bits per heavy atom. The molecule has 0 amide bonds. The van der Waals surface area contributed by atoms with Crippen molar-refractivity contribution in [2.45, 2.75) is 74.5 Å². The number of aliphatic hydroxyl groups is 4. The Balaban J connectivity index is 0.000000225. The second-order valence-electron chi connectivity index (χ2n) is 17.4. The first kappa shape index (κ1) is 74.1.